The van der Waals surface area contributed by atoms with E-state index in [0.29, 0.717) is 0 Å². The fourth-order valence-electron chi connectivity index (χ4n) is 1.43. The van der Waals surface area contributed by atoms with E-state index in [9.17, 15) is 0 Å². The Morgan fingerprint density at radius 3 is 2.64 bits per heavy atom. The van der Waals surface area contributed by atoms with Gasteiger partial charge in [-0.15, -0.1) is 0 Å². The van der Waals surface area contributed by atoms with Gasteiger partial charge in [-0.2, -0.15) is 0 Å². The van der Waals surface area contributed by atoms with Gasteiger partial charge in [-0.25, -0.2) is 0 Å². The predicted molar refractivity (Wildman–Crippen MR) is 48.0 cm³/mol. The Morgan fingerprint density at radius 2 is 2.18 bits per heavy atom. The van der Waals surface area contributed by atoms with Gasteiger partial charge in [-0.05, 0) is 12.8 Å². The van der Waals surface area contributed by atoms with Crippen LogP contribution in [0.3, 0.4) is 0 Å². The van der Waals surface area contributed by atoms with Crippen LogP contribution in [-0.2, 0) is 0 Å². The van der Waals surface area contributed by atoms with E-state index < -0.39 is 0 Å². The van der Waals surface area contributed by atoms with Crippen LogP contribution in [0, 0.1) is 0 Å². The van der Waals surface area contributed by atoms with E-state index in [4.69, 9.17) is 0 Å². The second-order valence-electron chi connectivity index (χ2n) is 3.32. The molecule has 0 fully saturated rings. The summed E-state index contributed by atoms with van der Waals surface area (Å²) >= 11 is 0. The molecule has 0 unspecified atom stereocenters. The first-order valence-electron chi connectivity index (χ1n) is 4.36. The Bertz CT molecular complexity index is 152. The molecule has 0 radical (unpaired) electrons. The van der Waals surface area contributed by atoms with E-state index in [1.165, 1.54) is 25.0 Å². The van der Waals surface area contributed by atoms with Crippen LogP contribution in [0.1, 0.15) is 26.2 Å². The van der Waals surface area contributed by atoms with Crippen molar-refractivity contribution in [2.45, 2.75) is 26.2 Å². The van der Waals surface area contributed by atoms with Crippen LogP contribution < -0.4 is 0 Å². The summed E-state index contributed by atoms with van der Waals surface area (Å²) < 4.78 is 0. The average molecular weight is 154 g/mol. The fourth-order valence-corrected chi connectivity index (χ4v) is 1.43. The molecule has 0 atom stereocenters. The number of rotatable bonds is 3. The van der Waals surface area contributed by atoms with E-state index in [0.717, 1.165) is 6.67 Å². The molecular formula is C9H18N2. The molecule has 0 aliphatic carbocycles. The van der Waals surface area contributed by atoms with E-state index in [-0.39, 0.29) is 0 Å². The minimum absolute atomic E-state index is 1.05. The Morgan fingerprint density at radius 1 is 1.45 bits per heavy atom. The Hall–Kier alpha value is -0.660. The van der Waals surface area contributed by atoms with Crippen LogP contribution in [0.4, 0.5) is 0 Å². The SMILES string of the molecule is CCCCC1=CN(C)CN1C. The summed E-state index contributed by atoms with van der Waals surface area (Å²) in [5.74, 6) is 0. The summed E-state index contributed by atoms with van der Waals surface area (Å²) in [7, 11) is 4.28. The summed E-state index contributed by atoms with van der Waals surface area (Å²) in [5.41, 5.74) is 1.48. The van der Waals surface area contributed by atoms with Crippen molar-refractivity contribution < 1.29 is 0 Å². The molecule has 0 saturated heterocycles. The number of nitrogens with zero attached hydrogens (tertiary/aromatic N) is 2. The molecule has 2 nitrogen and oxygen atoms in total. The van der Waals surface area contributed by atoms with Crippen molar-refractivity contribution in [3.8, 4) is 0 Å². The van der Waals surface area contributed by atoms with Gasteiger partial charge in [0, 0.05) is 26.0 Å². The maximum Gasteiger partial charge on any atom is 0.0890 e. The van der Waals surface area contributed by atoms with Crippen molar-refractivity contribution in [1.82, 2.24) is 9.80 Å². The van der Waals surface area contributed by atoms with E-state index in [1.54, 1.807) is 0 Å². The van der Waals surface area contributed by atoms with Crippen LogP contribution in [0.25, 0.3) is 0 Å². The average Bonchev–Trinajstić information content (AvgIpc) is 2.26. The Labute approximate surface area is 69.5 Å². The highest BCUT2D eigenvalue weighted by Crippen LogP contribution is 2.17. The summed E-state index contributed by atoms with van der Waals surface area (Å²) in [6, 6.07) is 0. The number of unbranched alkanes of at least 4 members (excludes halogenated alkanes) is 1. The van der Waals surface area contributed by atoms with E-state index in [2.05, 4.69) is 37.0 Å². The second kappa shape index (κ2) is 3.65. The van der Waals surface area contributed by atoms with Crippen LogP contribution in [0.5, 0.6) is 0 Å². The second-order valence-corrected chi connectivity index (χ2v) is 3.32. The van der Waals surface area contributed by atoms with Gasteiger partial charge in [0.1, 0.15) is 0 Å². The topological polar surface area (TPSA) is 6.48 Å². The number of hydrogen-bond donors (Lipinski definition) is 0. The van der Waals surface area contributed by atoms with Crippen molar-refractivity contribution in [2.24, 2.45) is 0 Å². The highest BCUT2D eigenvalue weighted by Gasteiger charge is 2.12. The maximum atomic E-state index is 2.32. The quantitative estimate of drug-likeness (QED) is 0.612. The zero-order valence-corrected chi connectivity index (χ0v) is 7.80. The fraction of sp³-hybridized carbons (Fsp3) is 0.778. The molecule has 0 aromatic heterocycles. The van der Waals surface area contributed by atoms with Crippen molar-refractivity contribution in [1.29, 1.82) is 0 Å². The highest BCUT2D eigenvalue weighted by atomic mass is 15.3. The minimum Gasteiger partial charge on any atom is -0.361 e. The summed E-state index contributed by atoms with van der Waals surface area (Å²) in [5, 5.41) is 0. The third kappa shape index (κ3) is 2.14. The summed E-state index contributed by atoms with van der Waals surface area (Å²) in [4.78, 5) is 4.54. The zero-order chi connectivity index (χ0) is 8.27. The first kappa shape index (κ1) is 8.44. The van der Waals surface area contributed by atoms with Gasteiger partial charge in [-0.1, -0.05) is 13.3 Å². The third-order valence-corrected chi connectivity index (χ3v) is 2.08. The predicted octanol–water partition coefficient (Wildman–Crippen LogP) is 1.85. The van der Waals surface area contributed by atoms with Gasteiger partial charge in [-0.3, -0.25) is 0 Å². The highest BCUT2D eigenvalue weighted by molar-refractivity contribution is 5.04. The van der Waals surface area contributed by atoms with Crippen LogP contribution in [-0.4, -0.2) is 30.6 Å². The monoisotopic (exact) mass is 154 g/mol. The van der Waals surface area contributed by atoms with Crippen molar-refractivity contribution in [3.05, 3.63) is 11.9 Å². The molecule has 1 rings (SSSR count). The largest absolute Gasteiger partial charge is 0.361 e. The zero-order valence-electron chi connectivity index (χ0n) is 7.80. The lowest BCUT2D eigenvalue weighted by Gasteiger charge is -2.15. The summed E-state index contributed by atoms with van der Waals surface area (Å²) in [6.07, 6.45) is 6.08. The van der Waals surface area contributed by atoms with Gasteiger partial charge >= 0.3 is 0 Å². The molecule has 0 bridgehead atoms. The molecule has 1 aliphatic rings. The van der Waals surface area contributed by atoms with E-state index in [1.807, 2.05) is 0 Å². The first-order valence-corrected chi connectivity index (χ1v) is 4.36. The smallest absolute Gasteiger partial charge is 0.0890 e. The van der Waals surface area contributed by atoms with Gasteiger partial charge < -0.3 is 9.80 Å². The molecular weight excluding hydrogens is 136 g/mol. The lowest BCUT2D eigenvalue weighted by Crippen LogP contribution is -2.20. The first-order chi connectivity index (χ1) is 5.24. The van der Waals surface area contributed by atoms with Crippen molar-refractivity contribution in [3.63, 3.8) is 0 Å². The minimum atomic E-state index is 1.05. The molecule has 0 amide bonds. The van der Waals surface area contributed by atoms with Crippen LogP contribution in [0.15, 0.2) is 11.9 Å². The molecule has 2 heteroatoms. The van der Waals surface area contributed by atoms with E-state index >= 15 is 0 Å². The number of hydrogen-bond acceptors (Lipinski definition) is 2. The van der Waals surface area contributed by atoms with Crippen LogP contribution in [0.2, 0.25) is 0 Å². The van der Waals surface area contributed by atoms with Gasteiger partial charge in [0.05, 0.1) is 6.67 Å². The molecule has 1 heterocycles. The lowest BCUT2D eigenvalue weighted by atomic mass is 10.2. The molecule has 0 spiro atoms. The Balaban J connectivity index is 2.37. The van der Waals surface area contributed by atoms with Gasteiger partial charge in [0.15, 0.2) is 0 Å². The molecule has 0 N–H and O–H groups in total. The van der Waals surface area contributed by atoms with Crippen molar-refractivity contribution in [2.75, 3.05) is 20.8 Å². The molecule has 11 heavy (non-hydrogen) atoms. The van der Waals surface area contributed by atoms with Crippen LogP contribution >= 0.6 is 0 Å². The number of allylic oxidation sites excluding steroid dienone is 1. The summed E-state index contributed by atoms with van der Waals surface area (Å²) in [6.45, 7) is 3.29. The normalized spacial score (nSPS) is 17.5. The molecule has 0 aromatic rings. The Kier molecular flexibility index (Phi) is 2.80. The third-order valence-electron chi connectivity index (χ3n) is 2.08. The van der Waals surface area contributed by atoms with Gasteiger partial charge in [0.25, 0.3) is 0 Å². The molecule has 64 valence electrons. The molecule has 0 aromatic carbocycles. The van der Waals surface area contributed by atoms with Crippen molar-refractivity contribution >= 4 is 0 Å². The molecule has 0 saturated carbocycles. The molecule has 1 aliphatic heterocycles. The van der Waals surface area contributed by atoms with Gasteiger partial charge in [0.2, 0.25) is 0 Å². The standard InChI is InChI=1S/C9H18N2/c1-4-5-6-9-7-10(2)8-11(9)3/h7H,4-6,8H2,1-3H3. The lowest BCUT2D eigenvalue weighted by molar-refractivity contribution is 0.321. The maximum absolute atomic E-state index is 2.32.